The van der Waals surface area contributed by atoms with E-state index in [0.717, 1.165) is 12.8 Å². The molecule has 104 valence electrons. The van der Waals surface area contributed by atoms with Gasteiger partial charge in [0.1, 0.15) is 4.90 Å². The Balaban J connectivity index is 2.43. The van der Waals surface area contributed by atoms with Gasteiger partial charge in [0.05, 0.1) is 5.69 Å². The number of nitrogens with one attached hydrogen (secondary N) is 1. The van der Waals surface area contributed by atoms with Gasteiger partial charge in [0.15, 0.2) is 0 Å². The van der Waals surface area contributed by atoms with Crippen LogP contribution in [0.15, 0.2) is 11.1 Å². The van der Waals surface area contributed by atoms with Crippen molar-refractivity contribution < 1.29 is 8.42 Å². The predicted octanol–water partition coefficient (Wildman–Crippen LogP) is 1.98. The SMILES string of the molecule is CCCCCCCNS(=O)(=O)c1cn(C)nc1C. The molecule has 0 radical (unpaired) electrons. The fourth-order valence-electron chi connectivity index (χ4n) is 1.85. The zero-order chi connectivity index (χ0) is 13.6. The largest absolute Gasteiger partial charge is 0.274 e. The first-order valence-electron chi connectivity index (χ1n) is 6.47. The maximum absolute atomic E-state index is 12.0. The molecule has 0 unspecified atom stereocenters. The lowest BCUT2D eigenvalue weighted by atomic mass is 10.2. The monoisotopic (exact) mass is 273 g/mol. The molecule has 1 aromatic rings. The molecule has 0 aliphatic rings. The molecule has 0 bridgehead atoms. The number of hydrogen-bond acceptors (Lipinski definition) is 3. The average Bonchev–Trinajstić information content (AvgIpc) is 2.63. The highest BCUT2D eigenvalue weighted by Crippen LogP contribution is 2.12. The first-order valence-corrected chi connectivity index (χ1v) is 7.95. The molecule has 0 atom stereocenters. The second-order valence-corrected chi connectivity index (χ2v) is 6.30. The van der Waals surface area contributed by atoms with Gasteiger partial charge in [-0.05, 0) is 13.3 Å². The van der Waals surface area contributed by atoms with Crippen LogP contribution in [0.1, 0.15) is 44.7 Å². The smallest absolute Gasteiger partial charge is 0.243 e. The summed E-state index contributed by atoms with van der Waals surface area (Å²) >= 11 is 0. The van der Waals surface area contributed by atoms with Crippen LogP contribution in [0.25, 0.3) is 0 Å². The molecule has 0 amide bonds. The van der Waals surface area contributed by atoms with Gasteiger partial charge in [0, 0.05) is 19.8 Å². The van der Waals surface area contributed by atoms with Crippen LogP contribution < -0.4 is 4.72 Å². The van der Waals surface area contributed by atoms with E-state index in [0.29, 0.717) is 12.2 Å². The molecular weight excluding hydrogens is 250 g/mol. The van der Waals surface area contributed by atoms with Crippen molar-refractivity contribution in [2.75, 3.05) is 6.54 Å². The molecule has 0 aromatic carbocycles. The Bertz CT molecular complexity index is 466. The zero-order valence-corrected chi connectivity index (χ0v) is 12.3. The van der Waals surface area contributed by atoms with Gasteiger partial charge in [-0.25, -0.2) is 13.1 Å². The number of aromatic nitrogens is 2. The van der Waals surface area contributed by atoms with Crippen LogP contribution in [-0.4, -0.2) is 24.7 Å². The van der Waals surface area contributed by atoms with E-state index in [1.54, 1.807) is 14.0 Å². The van der Waals surface area contributed by atoms with E-state index in [9.17, 15) is 8.42 Å². The summed E-state index contributed by atoms with van der Waals surface area (Å²) in [5, 5.41) is 4.04. The maximum Gasteiger partial charge on any atom is 0.243 e. The minimum Gasteiger partial charge on any atom is -0.274 e. The highest BCUT2D eigenvalue weighted by molar-refractivity contribution is 7.89. The summed E-state index contributed by atoms with van der Waals surface area (Å²) < 4.78 is 28.1. The number of sulfonamides is 1. The highest BCUT2D eigenvalue weighted by Gasteiger charge is 2.18. The van der Waals surface area contributed by atoms with Crippen molar-refractivity contribution in [1.82, 2.24) is 14.5 Å². The summed E-state index contributed by atoms with van der Waals surface area (Å²) in [5.41, 5.74) is 0.538. The topological polar surface area (TPSA) is 64.0 Å². The molecule has 6 heteroatoms. The van der Waals surface area contributed by atoms with E-state index in [4.69, 9.17) is 0 Å². The van der Waals surface area contributed by atoms with E-state index in [2.05, 4.69) is 16.7 Å². The predicted molar refractivity (Wildman–Crippen MR) is 71.9 cm³/mol. The molecule has 18 heavy (non-hydrogen) atoms. The van der Waals surface area contributed by atoms with Crippen LogP contribution >= 0.6 is 0 Å². The molecule has 1 aromatic heterocycles. The van der Waals surface area contributed by atoms with Crippen LogP contribution in [0.5, 0.6) is 0 Å². The third-order valence-electron chi connectivity index (χ3n) is 2.83. The number of hydrogen-bond donors (Lipinski definition) is 1. The van der Waals surface area contributed by atoms with Crippen molar-refractivity contribution in [3.05, 3.63) is 11.9 Å². The summed E-state index contributed by atoms with van der Waals surface area (Å²) in [4.78, 5) is 0.276. The molecule has 1 heterocycles. The Kier molecular flexibility index (Phi) is 5.81. The lowest BCUT2D eigenvalue weighted by molar-refractivity contribution is 0.570. The summed E-state index contributed by atoms with van der Waals surface area (Å²) in [6, 6.07) is 0. The normalized spacial score (nSPS) is 11.9. The first kappa shape index (κ1) is 15.2. The van der Waals surface area contributed by atoms with Crippen molar-refractivity contribution in [3.8, 4) is 0 Å². The Morgan fingerprint density at radius 2 is 1.94 bits per heavy atom. The lowest BCUT2D eigenvalue weighted by Gasteiger charge is -2.05. The van der Waals surface area contributed by atoms with E-state index in [1.807, 2.05) is 0 Å². The van der Waals surface area contributed by atoms with Gasteiger partial charge in [-0.3, -0.25) is 4.68 Å². The van der Waals surface area contributed by atoms with E-state index in [1.165, 1.54) is 30.1 Å². The van der Waals surface area contributed by atoms with Gasteiger partial charge in [0.25, 0.3) is 0 Å². The van der Waals surface area contributed by atoms with E-state index < -0.39 is 10.0 Å². The standard InChI is InChI=1S/C12H23N3O2S/c1-4-5-6-7-8-9-13-18(16,17)12-10-15(3)14-11(12)2/h10,13H,4-9H2,1-3H3. The lowest BCUT2D eigenvalue weighted by Crippen LogP contribution is -2.25. The second kappa shape index (κ2) is 6.89. The van der Waals surface area contributed by atoms with Crippen LogP contribution in [0.2, 0.25) is 0 Å². The fourth-order valence-corrected chi connectivity index (χ4v) is 3.14. The fraction of sp³-hybridized carbons (Fsp3) is 0.750. The van der Waals surface area contributed by atoms with Crippen LogP contribution in [0, 0.1) is 6.92 Å². The average molecular weight is 273 g/mol. The number of unbranched alkanes of at least 4 members (excludes halogenated alkanes) is 4. The Morgan fingerprint density at radius 1 is 1.28 bits per heavy atom. The maximum atomic E-state index is 12.0. The van der Waals surface area contributed by atoms with Gasteiger partial charge in [-0.2, -0.15) is 5.10 Å². The molecule has 1 N–H and O–H groups in total. The molecule has 0 saturated heterocycles. The van der Waals surface area contributed by atoms with Crippen LogP contribution in [0.3, 0.4) is 0 Å². The summed E-state index contributed by atoms with van der Waals surface area (Å²) in [6.07, 6.45) is 7.08. The molecule has 5 nitrogen and oxygen atoms in total. The minimum absolute atomic E-state index is 0.276. The third-order valence-corrected chi connectivity index (χ3v) is 4.39. The van der Waals surface area contributed by atoms with Crippen molar-refractivity contribution in [1.29, 1.82) is 0 Å². The Labute approximate surface area is 110 Å². The molecular formula is C12H23N3O2S. The quantitative estimate of drug-likeness (QED) is 0.737. The molecule has 0 fully saturated rings. The van der Waals surface area contributed by atoms with Crippen LogP contribution in [-0.2, 0) is 17.1 Å². The molecule has 0 spiro atoms. The van der Waals surface area contributed by atoms with Crippen LogP contribution in [0.4, 0.5) is 0 Å². The van der Waals surface area contributed by atoms with Crippen molar-refractivity contribution in [2.24, 2.45) is 7.05 Å². The van der Waals surface area contributed by atoms with Gasteiger partial charge >= 0.3 is 0 Å². The van der Waals surface area contributed by atoms with Crippen molar-refractivity contribution in [2.45, 2.75) is 50.8 Å². The molecule has 0 saturated carbocycles. The van der Waals surface area contributed by atoms with E-state index >= 15 is 0 Å². The van der Waals surface area contributed by atoms with Crippen molar-refractivity contribution in [3.63, 3.8) is 0 Å². The summed E-state index contributed by atoms with van der Waals surface area (Å²) in [7, 11) is -1.68. The van der Waals surface area contributed by atoms with Crippen molar-refractivity contribution >= 4 is 10.0 Å². The second-order valence-electron chi connectivity index (χ2n) is 4.56. The molecule has 1 rings (SSSR count). The number of aryl methyl sites for hydroxylation is 2. The first-order chi connectivity index (χ1) is 8.47. The number of nitrogens with zero attached hydrogens (tertiary/aromatic N) is 2. The highest BCUT2D eigenvalue weighted by atomic mass is 32.2. The minimum atomic E-state index is -3.40. The van der Waals surface area contributed by atoms with E-state index in [-0.39, 0.29) is 4.90 Å². The van der Waals surface area contributed by atoms with Gasteiger partial charge < -0.3 is 0 Å². The summed E-state index contributed by atoms with van der Waals surface area (Å²) in [5.74, 6) is 0. The Hall–Kier alpha value is -0.880. The zero-order valence-electron chi connectivity index (χ0n) is 11.4. The summed E-state index contributed by atoms with van der Waals surface area (Å²) in [6.45, 7) is 4.37. The van der Waals surface area contributed by atoms with Gasteiger partial charge in [-0.1, -0.05) is 32.6 Å². The molecule has 0 aliphatic heterocycles. The third kappa shape index (κ3) is 4.42. The van der Waals surface area contributed by atoms with Gasteiger partial charge in [0.2, 0.25) is 10.0 Å². The van der Waals surface area contributed by atoms with Gasteiger partial charge in [-0.15, -0.1) is 0 Å². The molecule has 0 aliphatic carbocycles. The Morgan fingerprint density at radius 3 is 2.50 bits per heavy atom. The number of rotatable bonds is 8.